The summed E-state index contributed by atoms with van der Waals surface area (Å²) in [7, 11) is -5.06. The maximum atomic E-state index is 12.4. The van der Waals surface area contributed by atoms with Crippen LogP contribution in [0, 0.1) is 0 Å². The third kappa shape index (κ3) is 5.78. The number of likely N-dealkylation sites (N-methyl/N-ethyl adjacent to an activating group) is 1. The van der Waals surface area contributed by atoms with E-state index in [-0.39, 0.29) is 13.1 Å². The van der Waals surface area contributed by atoms with E-state index in [0.29, 0.717) is 0 Å². The summed E-state index contributed by atoms with van der Waals surface area (Å²) in [5.74, 6) is 0. The van der Waals surface area contributed by atoms with Gasteiger partial charge in [-0.25, -0.2) is 16.8 Å². The molecule has 6 nitrogen and oxygen atoms in total. The van der Waals surface area contributed by atoms with Crippen LogP contribution in [-0.4, -0.2) is 51.2 Å². The first-order valence-corrected chi connectivity index (χ1v) is 11.2. The van der Waals surface area contributed by atoms with Gasteiger partial charge in [0.2, 0.25) is 20.0 Å². The Hall–Kier alpha value is -1.48. The summed E-state index contributed by atoms with van der Waals surface area (Å²) in [6, 6.07) is 9.06. The highest BCUT2D eigenvalue weighted by Gasteiger charge is 2.29. The van der Waals surface area contributed by atoms with Crippen LogP contribution in [0.25, 0.3) is 0 Å². The van der Waals surface area contributed by atoms with Crippen LogP contribution >= 0.6 is 0 Å². The SMILES string of the molecule is CN(CC1=CCCC=C1)S(=O)(=O)CS(=O)(=O)N(C)Cc1ccccc1. The molecule has 8 heteroatoms. The van der Waals surface area contributed by atoms with E-state index in [4.69, 9.17) is 0 Å². The van der Waals surface area contributed by atoms with Crippen LogP contribution < -0.4 is 0 Å². The van der Waals surface area contributed by atoms with Crippen molar-refractivity contribution in [2.45, 2.75) is 19.4 Å². The van der Waals surface area contributed by atoms with Crippen molar-refractivity contribution in [3.63, 3.8) is 0 Å². The summed E-state index contributed by atoms with van der Waals surface area (Å²) in [6.45, 7) is 0.313. The third-order valence-corrected chi connectivity index (χ3v) is 8.51. The molecule has 0 heterocycles. The maximum absolute atomic E-state index is 12.4. The summed E-state index contributed by atoms with van der Waals surface area (Å²) < 4.78 is 51.9. The van der Waals surface area contributed by atoms with Crippen molar-refractivity contribution in [2.75, 3.05) is 25.7 Å². The van der Waals surface area contributed by atoms with E-state index >= 15 is 0 Å². The molecular formula is C17H24N2O4S2. The predicted molar refractivity (Wildman–Crippen MR) is 99.7 cm³/mol. The molecule has 0 saturated carbocycles. The average Bonchev–Trinajstić information content (AvgIpc) is 2.55. The van der Waals surface area contributed by atoms with Crippen LogP contribution in [0.15, 0.2) is 54.1 Å². The van der Waals surface area contributed by atoms with E-state index in [2.05, 4.69) is 0 Å². The molecule has 0 aliphatic heterocycles. The van der Waals surface area contributed by atoms with E-state index in [1.165, 1.54) is 14.1 Å². The summed E-state index contributed by atoms with van der Waals surface area (Å²) in [5.41, 5.74) is 1.68. The predicted octanol–water partition coefficient (Wildman–Crippen LogP) is 1.94. The Balaban J connectivity index is 2.04. The fraction of sp³-hybridized carbons (Fsp3) is 0.412. The summed E-state index contributed by atoms with van der Waals surface area (Å²) in [4.78, 5) is 0. The number of hydrogen-bond donors (Lipinski definition) is 0. The Labute approximate surface area is 150 Å². The third-order valence-electron chi connectivity index (χ3n) is 3.97. The van der Waals surface area contributed by atoms with Gasteiger partial charge in [-0.05, 0) is 24.0 Å². The van der Waals surface area contributed by atoms with Crippen LogP contribution in [0.2, 0.25) is 0 Å². The largest absolute Gasteiger partial charge is 0.230 e. The first kappa shape index (κ1) is 19.8. The highest BCUT2D eigenvalue weighted by Crippen LogP contribution is 2.15. The van der Waals surface area contributed by atoms with E-state index in [1.54, 1.807) is 12.1 Å². The van der Waals surface area contributed by atoms with Crippen LogP contribution in [0.5, 0.6) is 0 Å². The number of hydrogen-bond acceptors (Lipinski definition) is 4. The summed E-state index contributed by atoms with van der Waals surface area (Å²) in [6.07, 6.45) is 7.66. The molecule has 0 saturated heterocycles. The molecule has 0 bridgehead atoms. The zero-order valence-corrected chi connectivity index (χ0v) is 16.1. The van der Waals surface area contributed by atoms with Crippen molar-refractivity contribution in [1.82, 2.24) is 8.61 Å². The van der Waals surface area contributed by atoms with Crippen LogP contribution in [0.3, 0.4) is 0 Å². The van der Waals surface area contributed by atoms with Gasteiger partial charge in [-0.1, -0.05) is 48.6 Å². The lowest BCUT2D eigenvalue weighted by atomic mass is 10.1. The molecule has 0 N–H and O–H groups in total. The second kappa shape index (κ2) is 8.27. The van der Waals surface area contributed by atoms with Crippen molar-refractivity contribution in [3.05, 3.63) is 59.7 Å². The topological polar surface area (TPSA) is 74.8 Å². The summed E-state index contributed by atoms with van der Waals surface area (Å²) in [5, 5.41) is -0.934. The normalized spacial score (nSPS) is 15.6. The molecule has 1 aromatic rings. The smallest absolute Gasteiger partial charge is 0.211 e. The van der Waals surface area contributed by atoms with Gasteiger partial charge in [-0.3, -0.25) is 0 Å². The lowest BCUT2D eigenvalue weighted by Crippen LogP contribution is -2.38. The van der Waals surface area contributed by atoms with Gasteiger partial charge in [-0.2, -0.15) is 8.61 Å². The zero-order valence-electron chi connectivity index (χ0n) is 14.5. The van der Waals surface area contributed by atoms with Crippen molar-refractivity contribution >= 4 is 20.0 Å². The van der Waals surface area contributed by atoms with Gasteiger partial charge in [0.05, 0.1) is 0 Å². The molecular weight excluding hydrogens is 360 g/mol. The number of allylic oxidation sites excluding steroid dienone is 2. The Morgan fingerprint density at radius 1 is 0.880 bits per heavy atom. The molecule has 0 fully saturated rings. The Bertz CT molecular complexity index is 844. The molecule has 25 heavy (non-hydrogen) atoms. The molecule has 0 atom stereocenters. The van der Waals surface area contributed by atoms with Crippen molar-refractivity contribution in [1.29, 1.82) is 0 Å². The number of rotatable bonds is 8. The second-order valence-corrected chi connectivity index (χ2v) is 10.6. The van der Waals surface area contributed by atoms with Gasteiger partial charge in [-0.15, -0.1) is 0 Å². The number of nitrogens with zero attached hydrogens (tertiary/aromatic N) is 2. The lowest BCUT2D eigenvalue weighted by Gasteiger charge is -2.22. The molecule has 1 aliphatic carbocycles. The first-order chi connectivity index (χ1) is 11.7. The van der Waals surface area contributed by atoms with E-state index in [0.717, 1.165) is 32.6 Å². The van der Waals surface area contributed by atoms with Gasteiger partial charge in [0.25, 0.3) is 0 Å². The van der Waals surface area contributed by atoms with Gasteiger partial charge >= 0.3 is 0 Å². The van der Waals surface area contributed by atoms with E-state index in [9.17, 15) is 16.8 Å². The van der Waals surface area contributed by atoms with Gasteiger partial charge in [0.1, 0.15) is 0 Å². The Kier molecular flexibility index (Phi) is 6.56. The van der Waals surface area contributed by atoms with Gasteiger partial charge in [0.15, 0.2) is 5.08 Å². The molecule has 0 amide bonds. The molecule has 0 aromatic heterocycles. The second-order valence-electron chi connectivity index (χ2n) is 6.10. The number of benzene rings is 1. The molecule has 0 spiro atoms. The minimum absolute atomic E-state index is 0.135. The zero-order chi connectivity index (χ0) is 18.5. The quantitative estimate of drug-likeness (QED) is 0.686. The fourth-order valence-corrected chi connectivity index (χ4v) is 6.08. The van der Waals surface area contributed by atoms with Crippen molar-refractivity contribution in [3.8, 4) is 0 Å². The number of sulfonamides is 2. The Morgan fingerprint density at radius 2 is 1.48 bits per heavy atom. The average molecular weight is 385 g/mol. The Morgan fingerprint density at radius 3 is 2.04 bits per heavy atom. The fourth-order valence-electron chi connectivity index (χ4n) is 2.45. The minimum atomic E-state index is -3.94. The highest BCUT2D eigenvalue weighted by atomic mass is 32.3. The molecule has 2 rings (SSSR count). The lowest BCUT2D eigenvalue weighted by molar-refractivity contribution is 0.464. The minimum Gasteiger partial charge on any atom is -0.211 e. The standard InChI is InChI=1S/C17H24N2O4S2/c1-18(13-16-9-5-3-6-10-16)24(20,21)15-25(22,23)19(2)14-17-11-7-4-8-12-17/h3,5-7,9-12H,4,8,13-15H2,1-2H3. The van der Waals surface area contributed by atoms with Gasteiger partial charge < -0.3 is 0 Å². The summed E-state index contributed by atoms with van der Waals surface area (Å²) >= 11 is 0. The monoisotopic (exact) mass is 384 g/mol. The van der Waals surface area contributed by atoms with Crippen LogP contribution in [-0.2, 0) is 26.6 Å². The van der Waals surface area contributed by atoms with Gasteiger partial charge in [0, 0.05) is 27.2 Å². The van der Waals surface area contributed by atoms with Crippen molar-refractivity contribution in [2.24, 2.45) is 0 Å². The van der Waals surface area contributed by atoms with Crippen LogP contribution in [0.1, 0.15) is 18.4 Å². The van der Waals surface area contributed by atoms with E-state index in [1.807, 2.05) is 36.4 Å². The highest BCUT2D eigenvalue weighted by molar-refractivity contribution is 8.05. The van der Waals surface area contributed by atoms with Crippen molar-refractivity contribution < 1.29 is 16.8 Å². The molecule has 1 aromatic carbocycles. The van der Waals surface area contributed by atoms with Crippen LogP contribution in [0.4, 0.5) is 0 Å². The molecule has 0 unspecified atom stereocenters. The molecule has 138 valence electrons. The molecule has 1 aliphatic rings. The van der Waals surface area contributed by atoms with E-state index < -0.39 is 25.1 Å². The maximum Gasteiger partial charge on any atom is 0.230 e. The first-order valence-electron chi connectivity index (χ1n) is 7.98. The molecule has 0 radical (unpaired) electrons.